The van der Waals surface area contributed by atoms with Crippen molar-refractivity contribution < 1.29 is 14.6 Å². The van der Waals surface area contributed by atoms with E-state index < -0.39 is 0 Å². The molecule has 0 saturated carbocycles. The van der Waals surface area contributed by atoms with Gasteiger partial charge < -0.3 is 20.5 Å². The number of nitrogens with one attached hydrogen (secondary N) is 2. The molecule has 0 spiro atoms. The average Bonchev–Trinajstić information content (AvgIpc) is 2.80. The molecule has 98 valence electrons. The van der Waals surface area contributed by atoms with Crippen LogP contribution in [-0.4, -0.2) is 36.9 Å². The number of carbonyl (C=O) groups excluding carboxylic acids is 1. The van der Waals surface area contributed by atoms with Crippen LogP contribution in [0, 0.1) is 0 Å². The number of aliphatic hydroxyl groups excluding tert-OH is 1. The van der Waals surface area contributed by atoms with E-state index in [-0.39, 0.29) is 31.1 Å². The molecule has 0 aromatic heterocycles. The predicted octanol–water partition coefficient (Wildman–Crippen LogP) is 0.843. The Labute approximate surface area is 106 Å². The molecule has 0 radical (unpaired) electrons. The molecule has 1 aliphatic heterocycles. The second kappa shape index (κ2) is 5.73. The third-order valence-electron chi connectivity index (χ3n) is 3.10. The summed E-state index contributed by atoms with van der Waals surface area (Å²) in [5, 5.41) is 14.1. The summed E-state index contributed by atoms with van der Waals surface area (Å²) in [6, 6.07) is 7.59. The number of urea groups is 1. The largest absolute Gasteiger partial charge is 0.493 e. The topological polar surface area (TPSA) is 70.6 Å². The van der Waals surface area contributed by atoms with Gasteiger partial charge in [0.05, 0.1) is 13.2 Å². The van der Waals surface area contributed by atoms with Crippen LogP contribution in [0.1, 0.15) is 18.4 Å². The first-order chi connectivity index (χ1) is 8.72. The van der Waals surface area contributed by atoms with E-state index >= 15 is 0 Å². The monoisotopic (exact) mass is 250 g/mol. The molecule has 0 aliphatic carbocycles. The molecule has 1 aliphatic rings. The van der Waals surface area contributed by atoms with E-state index in [0.29, 0.717) is 6.61 Å². The minimum atomic E-state index is -0.263. The molecular formula is C13H18N2O3. The Morgan fingerprint density at radius 3 is 3.11 bits per heavy atom. The lowest BCUT2D eigenvalue weighted by Gasteiger charge is -2.20. The van der Waals surface area contributed by atoms with E-state index in [1.165, 1.54) is 0 Å². The number of benzene rings is 1. The van der Waals surface area contributed by atoms with E-state index in [2.05, 4.69) is 10.6 Å². The second-order valence-electron chi connectivity index (χ2n) is 4.37. The maximum absolute atomic E-state index is 11.5. The minimum Gasteiger partial charge on any atom is -0.493 e. The van der Waals surface area contributed by atoms with Crippen LogP contribution in [0.4, 0.5) is 4.79 Å². The van der Waals surface area contributed by atoms with E-state index in [9.17, 15) is 4.79 Å². The predicted molar refractivity (Wildman–Crippen MR) is 67.8 cm³/mol. The van der Waals surface area contributed by atoms with Gasteiger partial charge in [-0.15, -0.1) is 0 Å². The highest BCUT2D eigenvalue weighted by molar-refractivity contribution is 5.74. The fraction of sp³-hybridized carbons (Fsp3) is 0.462. The summed E-state index contributed by atoms with van der Waals surface area (Å²) in [5.41, 5.74) is 1.13. The maximum Gasteiger partial charge on any atom is 0.315 e. The zero-order valence-electron chi connectivity index (χ0n) is 10.3. The Morgan fingerprint density at radius 1 is 1.56 bits per heavy atom. The number of carbonyl (C=O) groups is 1. The van der Waals surface area contributed by atoms with Crippen LogP contribution in [-0.2, 0) is 0 Å². The van der Waals surface area contributed by atoms with Gasteiger partial charge in [0.2, 0.25) is 0 Å². The fourth-order valence-electron chi connectivity index (χ4n) is 2.13. The van der Waals surface area contributed by atoms with Crippen molar-refractivity contribution in [3.05, 3.63) is 29.8 Å². The molecule has 0 fully saturated rings. The van der Waals surface area contributed by atoms with Crippen molar-refractivity contribution in [1.29, 1.82) is 0 Å². The number of rotatable bonds is 4. The zero-order valence-corrected chi connectivity index (χ0v) is 10.3. The second-order valence-corrected chi connectivity index (χ2v) is 4.37. The highest BCUT2D eigenvalue weighted by Gasteiger charge is 2.29. The lowest BCUT2D eigenvalue weighted by molar-refractivity contribution is 0.227. The summed E-state index contributed by atoms with van der Waals surface area (Å²) in [6.07, 6.45) is 0. The lowest BCUT2D eigenvalue weighted by Crippen LogP contribution is -2.44. The summed E-state index contributed by atoms with van der Waals surface area (Å²) in [6.45, 7) is 2.74. The maximum atomic E-state index is 11.5. The van der Waals surface area contributed by atoms with E-state index in [0.717, 1.165) is 11.3 Å². The molecule has 2 atom stereocenters. The molecule has 2 unspecified atom stereocenters. The molecule has 5 nitrogen and oxygen atoms in total. The molecule has 5 heteroatoms. The van der Waals surface area contributed by atoms with Crippen molar-refractivity contribution in [3.63, 3.8) is 0 Å². The third-order valence-corrected chi connectivity index (χ3v) is 3.10. The lowest BCUT2D eigenvalue weighted by atomic mass is 9.94. The first kappa shape index (κ1) is 12.7. The van der Waals surface area contributed by atoms with Crippen LogP contribution in [0.2, 0.25) is 0 Å². The van der Waals surface area contributed by atoms with Gasteiger partial charge in [0, 0.05) is 24.1 Å². The fourth-order valence-corrected chi connectivity index (χ4v) is 2.13. The highest BCUT2D eigenvalue weighted by Crippen LogP contribution is 2.35. The smallest absolute Gasteiger partial charge is 0.315 e. The van der Waals surface area contributed by atoms with Crippen molar-refractivity contribution in [2.45, 2.75) is 18.9 Å². The number of aliphatic hydroxyl groups is 1. The number of ether oxygens (including phenoxy) is 1. The van der Waals surface area contributed by atoms with Gasteiger partial charge in [-0.1, -0.05) is 18.2 Å². The van der Waals surface area contributed by atoms with Gasteiger partial charge in [0.1, 0.15) is 5.75 Å². The Hall–Kier alpha value is -1.75. The Balaban J connectivity index is 1.95. The van der Waals surface area contributed by atoms with Crippen molar-refractivity contribution in [1.82, 2.24) is 10.6 Å². The van der Waals surface area contributed by atoms with Gasteiger partial charge in [0.15, 0.2) is 0 Å². The summed E-state index contributed by atoms with van der Waals surface area (Å²) in [5.74, 6) is 1.06. The van der Waals surface area contributed by atoms with E-state index in [1.807, 2.05) is 31.2 Å². The van der Waals surface area contributed by atoms with Crippen molar-refractivity contribution in [2.75, 3.05) is 19.8 Å². The third kappa shape index (κ3) is 2.73. The van der Waals surface area contributed by atoms with Gasteiger partial charge >= 0.3 is 6.03 Å². The van der Waals surface area contributed by atoms with Gasteiger partial charge in [-0.05, 0) is 13.0 Å². The van der Waals surface area contributed by atoms with Crippen molar-refractivity contribution in [3.8, 4) is 5.75 Å². The summed E-state index contributed by atoms with van der Waals surface area (Å²) in [4.78, 5) is 11.5. The molecule has 18 heavy (non-hydrogen) atoms. The molecule has 1 aromatic rings. The Kier molecular flexibility index (Phi) is 4.04. The molecule has 3 N–H and O–H groups in total. The number of amides is 2. The first-order valence-corrected chi connectivity index (χ1v) is 6.09. The van der Waals surface area contributed by atoms with Gasteiger partial charge in [-0.2, -0.15) is 0 Å². The van der Waals surface area contributed by atoms with Crippen LogP contribution in [0.15, 0.2) is 24.3 Å². The van der Waals surface area contributed by atoms with Crippen LogP contribution >= 0.6 is 0 Å². The van der Waals surface area contributed by atoms with Gasteiger partial charge in [-0.3, -0.25) is 0 Å². The molecule has 1 aromatic carbocycles. The van der Waals surface area contributed by atoms with E-state index in [4.69, 9.17) is 9.84 Å². The summed E-state index contributed by atoms with van der Waals surface area (Å²) >= 11 is 0. The normalized spacial score (nSPS) is 18.7. The molecular weight excluding hydrogens is 232 g/mol. The van der Waals surface area contributed by atoms with Crippen LogP contribution in [0.5, 0.6) is 5.75 Å². The van der Waals surface area contributed by atoms with Gasteiger partial charge in [-0.25, -0.2) is 4.79 Å². The minimum absolute atomic E-state index is 0.0210. The van der Waals surface area contributed by atoms with Crippen LogP contribution < -0.4 is 15.4 Å². The molecule has 1 heterocycles. The van der Waals surface area contributed by atoms with Gasteiger partial charge in [0.25, 0.3) is 0 Å². The van der Waals surface area contributed by atoms with E-state index in [1.54, 1.807) is 0 Å². The number of para-hydroxylation sites is 1. The summed E-state index contributed by atoms with van der Waals surface area (Å²) in [7, 11) is 0. The quantitative estimate of drug-likeness (QED) is 0.741. The Morgan fingerprint density at radius 2 is 2.33 bits per heavy atom. The van der Waals surface area contributed by atoms with Crippen molar-refractivity contribution >= 4 is 6.03 Å². The number of fused-ring (bicyclic) bond motifs is 1. The summed E-state index contributed by atoms with van der Waals surface area (Å²) < 4.78 is 5.58. The SMILES string of the molecule is CC(NC(=O)NCCO)C1COc2ccccc21. The molecule has 0 saturated heterocycles. The van der Waals surface area contributed by atoms with Crippen molar-refractivity contribution in [2.24, 2.45) is 0 Å². The first-order valence-electron chi connectivity index (χ1n) is 6.09. The standard InChI is InChI=1S/C13H18N2O3/c1-9(15-13(17)14-6-7-16)11-8-18-12-5-3-2-4-10(11)12/h2-5,9,11,16H,6-8H2,1H3,(H2,14,15,17). The van der Waals surface area contributed by atoms with Crippen LogP contribution in [0.3, 0.4) is 0 Å². The number of hydrogen-bond donors (Lipinski definition) is 3. The highest BCUT2D eigenvalue weighted by atomic mass is 16.5. The van der Waals surface area contributed by atoms with Crippen LogP contribution in [0.25, 0.3) is 0 Å². The molecule has 0 bridgehead atoms. The Bertz CT molecular complexity index is 422. The molecule has 2 rings (SSSR count). The zero-order chi connectivity index (χ0) is 13.0. The average molecular weight is 250 g/mol. The molecule has 2 amide bonds. The number of hydrogen-bond acceptors (Lipinski definition) is 3.